The molecule has 0 unspecified atom stereocenters. The Morgan fingerprint density at radius 1 is 1.46 bits per heavy atom. The largest absolute Gasteiger partial charge is 0.396 e. The van der Waals surface area contributed by atoms with E-state index in [4.69, 9.17) is 9.84 Å². The summed E-state index contributed by atoms with van der Waals surface area (Å²) in [4.78, 5) is 2.36. The van der Waals surface area contributed by atoms with E-state index in [2.05, 4.69) is 11.8 Å². The average molecular weight is 189 g/mol. The van der Waals surface area contributed by atoms with Gasteiger partial charge in [0.15, 0.2) is 0 Å². The summed E-state index contributed by atoms with van der Waals surface area (Å²) < 4.78 is 5.29. The lowest BCUT2D eigenvalue weighted by molar-refractivity contribution is -0.00238. The molecule has 1 aliphatic rings. The van der Waals surface area contributed by atoms with Crippen molar-refractivity contribution < 1.29 is 9.84 Å². The molecule has 80 valence electrons. The fraction of sp³-hybridized carbons (Fsp3) is 1.00. The van der Waals surface area contributed by atoms with Crippen molar-refractivity contribution in [1.29, 1.82) is 0 Å². The monoisotopic (exact) mass is 189 g/mol. The molecule has 0 aromatic rings. The zero-order chi connectivity index (χ0) is 10.1. The quantitative estimate of drug-likeness (QED) is 0.722. The van der Waals surface area contributed by atoms with Crippen LogP contribution in [0, 0.1) is 0 Å². The molecule has 1 N–H and O–H groups in total. The summed E-state index contributed by atoms with van der Waals surface area (Å²) in [7, 11) is 0. The molecule has 3 heteroatoms. The minimum Gasteiger partial charge on any atom is -0.396 e. The fourth-order valence-electron chi connectivity index (χ4n) is 1.37. The second-order valence-electron chi connectivity index (χ2n) is 3.04. The molecule has 0 aromatic heterocycles. The fourth-order valence-corrected chi connectivity index (χ4v) is 1.37. The molecular formula is C10H23NO2. The third kappa shape index (κ3) is 5.24. The van der Waals surface area contributed by atoms with Crippen LogP contribution >= 0.6 is 0 Å². The Balaban J connectivity index is 0.000000671. The van der Waals surface area contributed by atoms with Crippen LogP contribution < -0.4 is 0 Å². The highest BCUT2D eigenvalue weighted by atomic mass is 16.5. The number of morpholine rings is 1. The molecule has 0 aromatic carbocycles. The highest BCUT2D eigenvalue weighted by Gasteiger charge is 2.17. The predicted molar refractivity (Wildman–Crippen MR) is 54.9 cm³/mol. The van der Waals surface area contributed by atoms with Crippen molar-refractivity contribution in [1.82, 2.24) is 4.90 Å². The second kappa shape index (κ2) is 8.48. The zero-order valence-electron chi connectivity index (χ0n) is 9.12. The Hall–Kier alpha value is -0.120. The summed E-state index contributed by atoms with van der Waals surface area (Å²) in [6.45, 7) is 10.2. The third-order valence-corrected chi connectivity index (χ3v) is 2.11. The van der Waals surface area contributed by atoms with Gasteiger partial charge in [-0.05, 0) is 13.3 Å². The van der Waals surface area contributed by atoms with Gasteiger partial charge in [-0.15, -0.1) is 0 Å². The molecule has 3 nitrogen and oxygen atoms in total. The number of hydrogen-bond acceptors (Lipinski definition) is 3. The van der Waals surface area contributed by atoms with Gasteiger partial charge in [0.2, 0.25) is 0 Å². The first kappa shape index (κ1) is 12.9. The summed E-state index contributed by atoms with van der Waals surface area (Å²) in [5.41, 5.74) is 0. The molecule has 1 heterocycles. The number of ether oxygens (including phenoxy) is 1. The standard InChI is InChI=1S/C8H17NO2.C2H6/c1-8-7-11-6-4-9(8)3-2-5-10;1-2/h8,10H,2-7H2,1H3;1-2H3/t8-;/m1./s1. The minimum absolute atomic E-state index is 0.296. The lowest BCUT2D eigenvalue weighted by Crippen LogP contribution is -2.44. The summed E-state index contributed by atoms with van der Waals surface area (Å²) in [6, 6.07) is 0.523. The number of aliphatic hydroxyl groups is 1. The molecule has 0 aliphatic carbocycles. The molecule has 0 amide bonds. The van der Waals surface area contributed by atoms with Crippen LogP contribution in [-0.4, -0.2) is 49.0 Å². The predicted octanol–water partition coefficient (Wildman–Crippen LogP) is 1.12. The molecular weight excluding hydrogens is 166 g/mol. The van der Waals surface area contributed by atoms with Gasteiger partial charge in [-0.3, -0.25) is 4.90 Å². The Morgan fingerprint density at radius 2 is 2.15 bits per heavy atom. The molecule has 0 radical (unpaired) electrons. The number of nitrogens with zero attached hydrogens (tertiary/aromatic N) is 1. The van der Waals surface area contributed by atoms with Gasteiger partial charge in [-0.25, -0.2) is 0 Å². The topological polar surface area (TPSA) is 32.7 Å². The van der Waals surface area contributed by atoms with Crippen LogP contribution in [0.2, 0.25) is 0 Å². The third-order valence-electron chi connectivity index (χ3n) is 2.11. The van der Waals surface area contributed by atoms with E-state index in [1.165, 1.54) is 0 Å². The van der Waals surface area contributed by atoms with E-state index >= 15 is 0 Å². The van der Waals surface area contributed by atoms with Crippen molar-refractivity contribution in [3.05, 3.63) is 0 Å². The van der Waals surface area contributed by atoms with Gasteiger partial charge in [0.1, 0.15) is 0 Å². The van der Waals surface area contributed by atoms with Crippen LogP contribution in [0.1, 0.15) is 27.2 Å². The molecule has 1 fully saturated rings. The SMILES string of the molecule is CC.C[C@@H]1COCCN1CCCO. The summed E-state index contributed by atoms with van der Waals surface area (Å²) >= 11 is 0. The van der Waals surface area contributed by atoms with Gasteiger partial charge in [0.25, 0.3) is 0 Å². The van der Waals surface area contributed by atoms with E-state index in [9.17, 15) is 0 Å². The van der Waals surface area contributed by atoms with Crippen LogP contribution in [-0.2, 0) is 4.74 Å². The molecule has 1 atom stereocenters. The highest BCUT2D eigenvalue weighted by Crippen LogP contribution is 2.05. The number of hydrogen-bond donors (Lipinski definition) is 1. The molecule has 1 aliphatic heterocycles. The van der Waals surface area contributed by atoms with Crippen molar-refractivity contribution in [2.24, 2.45) is 0 Å². The van der Waals surface area contributed by atoms with Crippen molar-refractivity contribution in [2.75, 3.05) is 32.9 Å². The molecule has 0 bridgehead atoms. The molecule has 13 heavy (non-hydrogen) atoms. The maximum absolute atomic E-state index is 8.63. The van der Waals surface area contributed by atoms with Crippen molar-refractivity contribution in [2.45, 2.75) is 33.2 Å². The first-order valence-electron chi connectivity index (χ1n) is 5.27. The van der Waals surface area contributed by atoms with Gasteiger partial charge >= 0.3 is 0 Å². The number of aliphatic hydroxyl groups excluding tert-OH is 1. The van der Waals surface area contributed by atoms with E-state index < -0.39 is 0 Å². The molecule has 0 saturated carbocycles. The maximum atomic E-state index is 8.63. The van der Waals surface area contributed by atoms with Gasteiger partial charge < -0.3 is 9.84 Å². The maximum Gasteiger partial charge on any atom is 0.0619 e. The van der Waals surface area contributed by atoms with Crippen LogP contribution in [0.4, 0.5) is 0 Å². The Bertz CT molecular complexity index is 109. The van der Waals surface area contributed by atoms with Gasteiger partial charge in [0.05, 0.1) is 13.2 Å². The van der Waals surface area contributed by atoms with E-state index in [0.717, 1.165) is 32.7 Å². The molecule has 1 rings (SSSR count). The van der Waals surface area contributed by atoms with Crippen molar-refractivity contribution >= 4 is 0 Å². The zero-order valence-corrected chi connectivity index (χ0v) is 9.12. The Kier molecular flexibility index (Phi) is 8.40. The van der Waals surface area contributed by atoms with Gasteiger partial charge in [0, 0.05) is 25.7 Å². The normalized spacial score (nSPS) is 23.5. The van der Waals surface area contributed by atoms with Crippen molar-refractivity contribution in [3.63, 3.8) is 0 Å². The van der Waals surface area contributed by atoms with Crippen LogP contribution in [0.15, 0.2) is 0 Å². The lowest BCUT2D eigenvalue weighted by Gasteiger charge is -2.32. The smallest absolute Gasteiger partial charge is 0.0619 e. The van der Waals surface area contributed by atoms with E-state index in [1.807, 2.05) is 13.8 Å². The summed E-state index contributed by atoms with van der Waals surface area (Å²) in [5, 5.41) is 8.63. The van der Waals surface area contributed by atoms with E-state index in [0.29, 0.717) is 12.6 Å². The Labute approximate surface area is 81.7 Å². The van der Waals surface area contributed by atoms with Crippen molar-refractivity contribution in [3.8, 4) is 0 Å². The second-order valence-corrected chi connectivity index (χ2v) is 3.04. The molecule has 1 saturated heterocycles. The van der Waals surface area contributed by atoms with E-state index in [1.54, 1.807) is 0 Å². The first-order chi connectivity index (χ1) is 6.34. The van der Waals surface area contributed by atoms with Crippen LogP contribution in [0.5, 0.6) is 0 Å². The highest BCUT2D eigenvalue weighted by molar-refractivity contribution is 4.70. The van der Waals surface area contributed by atoms with Gasteiger partial charge in [-0.2, -0.15) is 0 Å². The van der Waals surface area contributed by atoms with Gasteiger partial charge in [-0.1, -0.05) is 13.8 Å². The lowest BCUT2D eigenvalue weighted by atomic mass is 10.2. The van der Waals surface area contributed by atoms with Crippen LogP contribution in [0.3, 0.4) is 0 Å². The first-order valence-corrected chi connectivity index (χ1v) is 5.27. The summed E-state index contributed by atoms with van der Waals surface area (Å²) in [5.74, 6) is 0. The molecule has 0 spiro atoms. The van der Waals surface area contributed by atoms with E-state index in [-0.39, 0.29) is 0 Å². The Morgan fingerprint density at radius 3 is 2.69 bits per heavy atom. The number of rotatable bonds is 3. The minimum atomic E-state index is 0.296. The van der Waals surface area contributed by atoms with Crippen LogP contribution in [0.25, 0.3) is 0 Å². The average Bonchev–Trinajstić information content (AvgIpc) is 2.20. The summed E-state index contributed by atoms with van der Waals surface area (Å²) in [6.07, 6.45) is 0.879.